The molecule has 0 amide bonds. The number of carbonyl (C=O) groups is 2. The van der Waals surface area contributed by atoms with Gasteiger partial charge in [-0.3, -0.25) is 0 Å². The topological polar surface area (TPSA) is 52.6 Å². The summed E-state index contributed by atoms with van der Waals surface area (Å²) in [7, 11) is 0. The van der Waals surface area contributed by atoms with Crippen molar-refractivity contribution in [3.8, 4) is 0 Å². The zero-order valence-electron chi connectivity index (χ0n) is 17.9. The Bertz CT molecular complexity index is 918. The van der Waals surface area contributed by atoms with E-state index >= 15 is 0 Å². The van der Waals surface area contributed by atoms with Crippen LogP contribution in [0.3, 0.4) is 0 Å². The molecule has 2 atom stereocenters. The Kier molecular flexibility index (Phi) is 6.56. The van der Waals surface area contributed by atoms with Gasteiger partial charge in [-0.05, 0) is 23.0 Å². The molecule has 0 N–H and O–H groups in total. The number of cyclic esters (lactones) is 2. The summed E-state index contributed by atoms with van der Waals surface area (Å²) in [5.41, 5.74) is 2.16. The van der Waals surface area contributed by atoms with Crippen LogP contribution in [-0.4, -0.2) is 17.7 Å². The molecule has 0 spiro atoms. The first-order valence-corrected chi connectivity index (χ1v) is 10.2. The van der Waals surface area contributed by atoms with E-state index in [1.54, 1.807) is 19.9 Å². The van der Waals surface area contributed by atoms with E-state index in [-0.39, 0.29) is 23.3 Å². The molecular weight excluding hydrogens is 376 g/mol. The maximum Gasteiger partial charge on any atom is 0.348 e. The van der Waals surface area contributed by atoms with E-state index in [1.807, 2.05) is 48.5 Å². The number of hydrogen-bond donors (Lipinski definition) is 0. The van der Waals surface area contributed by atoms with Crippen LogP contribution in [0.5, 0.6) is 0 Å². The SMILES string of the molecule is CC(C)[C@H](C=C1C(=O)OC(C)(C)OC1=O)[C@@H](/C=C/c1ccccc1)c1ccccc1. The lowest BCUT2D eigenvalue weighted by Gasteiger charge is -2.32. The van der Waals surface area contributed by atoms with Gasteiger partial charge in [0.25, 0.3) is 5.79 Å². The maximum absolute atomic E-state index is 12.5. The summed E-state index contributed by atoms with van der Waals surface area (Å²) >= 11 is 0. The van der Waals surface area contributed by atoms with Gasteiger partial charge >= 0.3 is 11.9 Å². The molecule has 0 bridgehead atoms. The van der Waals surface area contributed by atoms with E-state index in [9.17, 15) is 9.59 Å². The van der Waals surface area contributed by atoms with Crippen molar-refractivity contribution in [3.05, 3.63) is 89.5 Å². The molecule has 0 saturated carbocycles. The van der Waals surface area contributed by atoms with Crippen LogP contribution >= 0.6 is 0 Å². The molecule has 0 aliphatic carbocycles. The summed E-state index contributed by atoms with van der Waals surface area (Å²) in [6, 6.07) is 20.1. The highest BCUT2D eigenvalue weighted by Crippen LogP contribution is 2.35. The third-order valence-corrected chi connectivity index (χ3v) is 5.14. The second-order valence-electron chi connectivity index (χ2n) is 8.29. The Morgan fingerprint density at radius 2 is 1.37 bits per heavy atom. The molecule has 1 heterocycles. The Hall–Kier alpha value is -3.14. The standard InChI is InChI=1S/C26H28O4/c1-18(2)22(17-23-24(27)29-26(3,4)30-25(23)28)21(20-13-9-6-10-14-20)16-15-19-11-7-5-8-12-19/h5-18,21-22H,1-4H3/b16-15+/t21-,22-/m0/s1. The van der Waals surface area contributed by atoms with Crippen molar-refractivity contribution < 1.29 is 19.1 Å². The smallest absolute Gasteiger partial charge is 0.348 e. The van der Waals surface area contributed by atoms with E-state index in [2.05, 4.69) is 38.1 Å². The maximum atomic E-state index is 12.5. The fourth-order valence-corrected chi connectivity index (χ4v) is 3.62. The van der Waals surface area contributed by atoms with Gasteiger partial charge < -0.3 is 9.47 Å². The molecule has 2 aromatic carbocycles. The molecule has 4 nitrogen and oxygen atoms in total. The minimum atomic E-state index is -1.25. The summed E-state index contributed by atoms with van der Waals surface area (Å²) in [5.74, 6) is -2.50. The van der Waals surface area contributed by atoms with Crippen LogP contribution in [0.15, 0.2) is 78.4 Å². The van der Waals surface area contributed by atoms with E-state index in [4.69, 9.17) is 9.47 Å². The quantitative estimate of drug-likeness (QED) is 0.361. The fourth-order valence-electron chi connectivity index (χ4n) is 3.62. The monoisotopic (exact) mass is 404 g/mol. The summed E-state index contributed by atoms with van der Waals surface area (Å²) in [4.78, 5) is 25.0. The van der Waals surface area contributed by atoms with Crippen LogP contribution in [0.1, 0.15) is 44.7 Å². The van der Waals surface area contributed by atoms with Crippen LogP contribution in [-0.2, 0) is 19.1 Å². The van der Waals surface area contributed by atoms with Crippen LogP contribution in [0.25, 0.3) is 6.08 Å². The summed E-state index contributed by atoms with van der Waals surface area (Å²) in [5, 5.41) is 0. The molecule has 0 radical (unpaired) electrons. The number of esters is 2. The molecule has 0 aromatic heterocycles. The van der Waals surface area contributed by atoms with Crippen molar-refractivity contribution in [3.63, 3.8) is 0 Å². The molecule has 1 aliphatic rings. The zero-order valence-corrected chi connectivity index (χ0v) is 17.9. The van der Waals surface area contributed by atoms with Crippen LogP contribution in [0.4, 0.5) is 0 Å². The van der Waals surface area contributed by atoms with Crippen molar-refractivity contribution in [2.24, 2.45) is 11.8 Å². The predicted molar refractivity (Wildman–Crippen MR) is 117 cm³/mol. The lowest BCUT2D eigenvalue weighted by atomic mass is 9.77. The number of rotatable bonds is 6. The van der Waals surface area contributed by atoms with Gasteiger partial charge in [-0.2, -0.15) is 0 Å². The van der Waals surface area contributed by atoms with E-state index in [0.29, 0.717) is 0 Å². The second kappa shape index (κ2) is 9.12. The fraction of sp³-hybridized carbons (Fsp3) is 0.308. The van der Waals surface area contributed by atoms with Gasteiger partial charge in [-0.15, -0.1) is 0 Å². The molecule has 3 rings (SSSR count). The molecule has 156 valence electrons. The van der Waals surface area contributed by atoms with Gasteiger partial charge in [0, 0.05) is 19.8 Å². The Labute approximate surface area is 178 Å². The number of ether oxygens (including phenoxy) is 2. The third-order valence-electron chi connectivity index (χ3n) is 5.14. The first-order valence-electron chi connectivity index (χ1n) is 10.2. The average Bonchev–Trinajstić information content (AvgIpc) is 2.69. The van der Waals surface area contributed by atoms with Crippen molar-refractivity contribution in [1.29, 1.82) is 0 Å². The predicted octanol–water partition coefficient (Wildman–Crippen LogP) is 5.52. The normalized spacial score (nSPS) is 18.1. The van der Waals surface area contributed by atoms with Gasteiger partial charge in [-0.1, -0.05) is 92.7 Å². The first-order chi connectivity index (χ1) is 14.3. The highest BCUT2D eigenvalue weighted by Gasteiger charge is 2.40. The molecular formula is C26H28O4. The average molecular weight is 405 g/mol. The number of carbonyl (C=O) groups excluding carboxylic acids is 2. The van der Waals surface area contributed by atoms with Crippen molar-refractivity contribution >= 4 is 18.0 Å². The highest BCUT2D eigenvalue weighted by molar-refractivity contribution is 6.15. The Balaban J connectivity index is 2.01. The third kappa shape index (κ3) is 5.26. The van der Waals surface area contributed by atoms with Crippen LogP contribution in [0, 0.1) is 11.8 Å². The Morgan fingerprint density at radius 3 is 1.90 bits per heavy atom. The molecule has 1 aliphatic heterocycles. The van der Waals surface area contributed by atoms with E-state index in [0.717, 1.165) is 11.1 Å². The lowest BCUT2D eigenvalue weighted by Crippen LogP contribution is -2.42. The van der Waals surface area contributed by atoms with Gasteiger partial charge in [0.15, 0.2) is 0 Å². The van der Waals surface area contributed by atoms with Gasteiger partial charge in [0.05, 0.1) is 0 Å². The molecule has 4 heteroatoms. The summed E-state index contributed by atoms with van der Waals surface area (Å²) in [6.07, 6.45) is 5.93. The number of allylic oxidation sites excluding steroid dienone is 2. The molecule has 1 fully saturated rings. The molecule has 1 saturated heterocycles. The van der Waals surface area contributed by atoms with Gasteiger partial charge in [0.2, 0.25) is 0 Å². The summed E-state index contributed by atoms with van der Waals surface area (Å²) < 4.78 is 10.6. The minimum absolute atomic E-state index is 0.0329. The zero-order chi connectivity index (χ0) is 21.7. The Morgan fingerprint density at radius 1 is 0.833 bits per heavy atom. The van der Waals surface area contributed by atoms with E-state index < -0.39 is 17.7 Å². The van der Waals surface area contributed by atoms with Gasteiger partial charge in [0.1, 0.15) is 5.57 Å². The van der Waals surface area contributed by atoms with E-state index in [1.165, 1.54) is 0 Å². The highest BCUT2D eigenvalue weighted by atomic mass is 16.7. The first kappa shape index (κ1) is 21.6. The number of hydrogen-bond acceptors (Lipinski definition) is 4. The molecule has 30 heavy (non-hydrogen) atoms. The van der Waals surface area contributed by atoms with Gasteiger partial charge in [-0.25, -0.2) is 9.59 Å². The lowest BCUT2D eigenvalue weighted by molar-refractivity contribution is -0.222. The van der Waals surface area contributed by atoms with Crippen molar-refractivity contribution in [2.75, 3.05) is 0 Å². The van der Waals surface area contributed by atoms with Crippen molar-refractivity contribution in [2.45, 2.75) is 39.4 Å². The van der Waals surface area contributed by atoms with Crippen LogP contribution < -0.4 is 0 Å². The minimum Gasteiger partial charge on any atom is -0.419 e. The van der Waals surface area contributed by atoms with Crippen LogP contribution in [0.2, 0.25) is 0 Å². The van der Waals surface area contributed by atoms with Crippen molar-refractivity contribution in [1.82, 2.24) is 0 Å². The largest absolute Gasteiger partial charge is 0.419 e. The summed E-state index contributed by atoms with van der Waals surface area (Å²) in [6.45, 7) is 7.26. The second-order valence-corrected chi connectivity index (χ2v) is 8.29. The molecule has 2 aromatic rings. The molecule has 0 unspecified atom stereocenters. The number of benzene rings is 2.